The monoisotopic (exact) mass is 414 g/mol. The molecule has 26 heavy (non-hydrogen) atoms. The van der Waals surface area contributed by atoms with E-state index in [1.807, 2.05) is 18.2 Å². The predicted octanol–water partition coefficient (Wildman–Crippen LogP) is 3.68. The molecular formula is C19H19BrN4O2. The van der Waals surface area contributed by atoms with E-state index >= 15 is 0 Å². The molecule has 134 valence electrons. The van der Waals surface area contributed by atoms with Crippen LogP contribution < -0.4 is 5.32 Å². The van der Waals surface area contributed by atoms with Gasteiger partial charge < -0.3 is 5.32 Å². The molecule has 0 radical (unpaired) electrons. The smallest absolute Gasteiger partial charge is 0.228 e. The molecule has 1 aromatic carbocycles. The van der Waals surface area contributed by atoms with Crippen molar-refractivity contribution < 1.29 is 9.59 Å². The van der Waals surface area contributed by atoms with E-state index in [1.54, 1.807) is 19.2 Å². The Hall–Kier alpha value is -2.46. The molecule has 6 nitrogen and oxygen atoms in total. The minimum absolute atomic E-state index is 0.00374. The van der Waals surface area contributed by atoms with E-state index in [2.05, 4.69) is 26.3 Å². The first-order chi connectivity index (χ1) is 12.5. The van der Waals surface area contributed by atoms with Gasteiger partial charge in [-0.3, -0.25) is 14.3 Å². The third-order valence-electron chi connectivity index (χ3n) is 4.87. The third kappa shape index (κ3) is 3.70. The number of rotatable bonds is 4. The molecule has 1 saturated carbocycles. The number of anilines is 1. The summed E-state index contributed by atoms with van der Waals surface area (Å²) in [6, 6.07) is 9.26. The van der Waals surface area contributed by atoms with Gasteiger partial charge >= 0.3 is 0 Å². The molecule has 2 atom stereocenters. The fourth-order valence-corrected chi connectivity index (χ4v) is 3.74. The van der Waals surface area contributed by atoms with Gasteiger partial charge in [0.05, 0.1) is 11.9 Å². The van der Waals surface area contributed by atoms with Crippen LogP contribution in [0.4, 0.5) is 5.69 Å². The summed E-state index contributed by atoms with van der Waals surface area (Å²) in [5, 5.41) is 16.0. The summed E-state index contributed by atoms with van der Waals surface area (Å²) in [5.41, 5.74) is 1.31. The number of halogens is 1. The van der Waals surface area contributed by atoms with Crippen molar-refractivity contribution in [3.63, 3.8) is 0 Å². The van der Waals surface area contributed by atoms with E-state index in [0.717, 1.165) is 17.3 Å². The van der Waals surface area contributed by atoms with Crippen LogP contribution in [-0.2, 0) is 11.8 Å². The lowest BCUT2D eigenvalue weighted by molar-refractivity contribution is -0.122. The van der Waals surface area contributed by atoms with Crippen LogP contribution in [0.25, 0.3) is 0 Å². The standard InChI is InChI=1S/C19H19BrN4O2/c1-24-17(10-21)16(11-22-24)23-19(26)15-5-3-2-4-14(15)18(25)12-6-8-13(20)9-7-12/h6-9,11,14-15H,2-5H2,1H3,(H,23,26). The minimum atomic E-state index is -0.397. The second-order valence-corrected chi connectivity index (χ2v) is 7.42. The van der Waals surface area contributed by atoms with Crippen molar-refractivity contribution in [1.82, 2.24) is 9.78 Å². The molecule has 1 N–H and O–H groups in total. The Morgan fingerprint density at radius 1 is 1.23 bits per heavy atom. The number of carbonyl (C=O) groups excluding carboxylic acids is 2. The molecule has 1 aliphatic rings. The highest BCUT2D eigenvalue weighted by molar-refractivity contribution is 9.10. The zero-order valence-corrected chi connectivity index (χ0v) is 16.0. The number of aromatic nitrogens is 2. The van der Waals surface area contributed by atoms with Crippen LogP contribution in [0.1, 0.15) is 41.7 Å². The summed E-state index contributed by atoms with van der Waals surface area (Å²) in [6.07, 6.45) is 4.68. The van der Waals surface area contributed by atoms with Crippen LogP contribution in [0.2, 0.25) is 0 Å². The first-order valence-corrected chi connectivity index (χ1v) is 9.33. The average molecular weight is 415 g/mol. The fourth-order valence-electron chi connectivity index (χ4n) is 3.47. The van der Waals surface area contributed by atoms with Gasteiger partial charge in [-0.05, 0) is 25.0 Å². The van der Waals surface area contributed by atoms with Gasteiger partial charge in [-0.25, -0.2) is 0 Å². The second-order valence-electron chi connectivity index (χ2n) is 6.50. The lowest BCUT2D eigenvalue weighted by Gasteiger charge is -2.29. The minimum Gasteiger partial charge on any atom is -0.322 e. The number of ketones is 1. The normalized spacial score (nSPS) is 19.6. The molecule has 0 aliphatic heterocycles. The van der Waals surface area contributed by atoms with Crippen LogP contribution in [-0.4, -0.2) is 21.5 Å². The van der Waals surface area contributed by atoms with Crippen molar-refractivity contribution >= 4 is 33.3 Å². The zero-order chi connectivity index (χ0) is 18.7. The summed E-state index contributed by atoms with van der Waals surface area (Å²) in [5.74, 6) is -0.951. The molecule has 3 rings (SSSR count). The number of nitrogens with zero attached hydrogens (tertiary/aromatic N) is 3. The molecule has 7 heteroatoms. The Kier molecular flexibility index (Phi) is 5.52. The SMILES string of the molecule is Cn1ncc(NC(=O)C2CCCCC2C(=O)c2ccc(Br)cc2)c1C#N. The zero-order valence-electron chi connectivity index (χ0n) is 14.4. The molecule has 1 aliphatic carbocycles. The highest BCUT2D eigenvalue weighted by Crippen LogP contribution is 2.34. The third-order valence-corrected chi connectivity index (χ3v) is 5.40. The molecule has 2 aromatic rings. The van der Waals surface area contributed by atoms with Crippen LogP contribution in [0, 0.1) is 23.2 Å². The van der Waals surface area contributed by atoms with Crippen molar-refractivity contribution in [1.29, 1.82) is 5.26 Å². The van der Waals surface area contributed by atoms with Crippen LogP contribution in [0.15, 0.2) is 34.9 Å². The van der Waals surface area contributed by atoms with E-state index in [0.29, 0.717) is 29.8 Å². The van der Waals surface area contributed by atoms with Gasteiger partial charge in [0.15, 0.2) is 11.5 Å². The van der Waals surface area contributed by atoms with Crippen molar-refractivity contribution in [2.75, 3.05) is 5.32 Å². The van der Waals surface area contributed by atoms with E-state index in [1.165, 1.54) is 10.9 Å². The Balaban J connectivity index is 1.80. The van der Waals surface area contributed by atoms with Crippen LogP contribution >= 0.6 is 15.9 Å². The maximum absolute atomic E-state index is 12.9. The Labute approximate surface area is 160 Å². The van der Waals surface area contributed by atoms with Gasteiger partial charge in [-0.15, -0.1) is 0 Å². The molecular weight excluding hydrogens is 396 g/mol. The molecule has 0 saturated heterocycles. The number of nitriles is 1. The van der Waals surface area contributed by atoms with Gasteiger partial charge in [0.25, 0.3) is 0 Å². The van der Waals surface area contributed by atoms with E-state index in [9.17, 15) is 14.9 Å². The summed E-state index contributed by atoms with van der Waals surface area (Å²) >= 11 is 3.37. The summed E-state index contributed by atoms with van der Waals surface area (Å²) in [4.78, 5) is 25.8. The predicted molar refractivity (Wildman–Crippen MR) is 100 cm³/mol. The Morgan fingerprint density at radius 3 is 2.54 bits per heavy atom. The number of amides is 1. The van der Waals surface area contributed by atoms with Crippen molar-refractivity contribution in [3.8, 4) is 6.07 Å². The first kappa shape index (κ1) is 18.3. The fraction of sp³-hybridized carbons (Fsp3) is 0.368. The van der Waals surface area contributed by atoms with Crippen molar-refractivity contribution in [3.05, 3.63) is 46.2 Å². The maximum Gasteiger partial charge on any atom is 0.228 e. The molecule has 0 bridgehead atoms. The van der Waals surface area contributed by atoms with Gasteiger partial charge in [0.1, 0.15) is 6.07 Å². The number of nitrogens with one attached hydrogen (secondary N) is 1. The highest BCUT2D eigenvalue weighted by Gasteiger charge is 2.36. The lowest BCUT2D eigenvalue weighted by Crippen LogP contribution is -2.36. The van der Waals surface area contributed by atoms with Crippen LogP contribution in [0.5, 0.6) is 0 Å². The summed E-state index contributed by atoms with van der Waals surface area (Å²) in [7, 11) is 1.65. The largest absolute Gasteiger partial charge is 0.322 e. The molecule has 1 amide bonds. The van der Waals surface area contributed by atoms with Crippen molar-refractivity contribution in [2.45, 2.75) is 25.7 Å². The first-order valence-electron chi connectivity index (χ1n) is 8.54. The van der Waals surface area contributed by atoms with Crippen LogP contribution in [0.3, 0.4) is 0 Å². The van der Waals surface area contributed by atoms with Gasteiger partial charge in [0, 0.05) is 28.9 Å². The molecule has 1 aromatic heterocycles. The number of aryl methyl sites for hydroxylation is 1. The summed E-state index contributed by atoms with van der Waals surface area (Å²) in [6.45, 7) is 0. The Morgan fingerprint density at radius 2 is 1.88 bits per heavy atom. The van der Waals surface area contributed by atoms with Gasteiger partial charge in [-0.1, -0.05) is 40.9 Å². The van der Waals surface area contributed by atoms with E-state index < -0.39 is 5.92 Å². The highest BCUT2D eigenvalue weighted by atomic mass is 79.9. The van der Waals surface area contributed by atoms with Gasteiger partial charge in [-0.2, -0.15) is 10.4 Å². The molecule has 2 unspecified atom stereocenters. The van der Waals surface area contributed by atoms with E-state index in [-0.39, 0.29) is 17.6 Å². The lowest BCUT2D eigenvalue weighted by atomic mass is 9.75. The summed E-state index contributed by atoms with van der Waals surface area (Å²) < 4.78 is 2.33. The van der Waals surface area contributed by atoms with Gasteiger partial charge in [0.2, 0.25) is 5.91 Å². The topological polar surface area (TPSA) is 87.8 Å². The second kappa shape index (κ2) is 7.83. The maximum atomic E-state index is 12.9. The number of hydrogen-bond donors (Lipinski definition) is 1. The Bertz CT molecular complexity index is 867. The number of Topliss-reactive ketones (excluding diaryl/α,β-unsaturated/α-hetero) is 1. The molecule has 0 spiro atoms. The van der Waals surface area contributed by atoms with E-state index in [4.69, 9.17) is 0 Å². The van der Waals surface area contributed by atoms with Crippen molar-refractivity contribution in [2.24, 2.45) is 18.9 Å². The molecule has 1 fully saturated rings. The number of benzene rings is 1. The molecule has 1 heterocycles. The number of carbonyl (C=O) groups is 2. The average Bonchev–Trinajstić information content (AvgIpc) is 3.01. The number of hydrogen-bond acceptors (Lipinski definition) is 4. The quantitative estimate of drug-likeness (QED) is 0.772.